The first kappa shape index (κ1) is 19.5. The molecule has 1 atom stereocenters. The van der Waals surface area contributed by atoms with Gasteiger partial charge in [0, 0.05) is 16.7 Å². The molecule has 0 bridgehead atoms. The minimum atomic E-state index is -0.468. The fraction of sp³-hybridized carbons (Fsp3) is 0.300. The number of amides is 1. The van der Waals surface area contributed by atoms with E-state index in [1.807, 2.05) is 39.1 Å². The Kier molecular flexibility index (Phi) is 5.62. The first-order valence-corrected chi connectivity index (χ1v) is 10.3. The molecular formula is C20H21N3O2S2. The number of rotatable bonds is 5. The van der Waals surface area contributed by atoms with Crippen molar-refractivity contribution in [2.75, 3.05) is 5.32 Å². The lowest BCUT2D eigenvalue weighted by Gasteiger charge is -2.17. The average molecular weight is 400 g/mol. The summed E-state index contributed by atoms with van der Waals surface area (Å²) in [5.41, 5.74) is 1.73. The number of anilines is 1. The monoisotopic (exact) mass is 399 g/mol. The summed E-state index contributed by atoms with van der Waals surface area (Å²) in [4.78, 5) is 33.4. The van der Waals surface area contributed by atoms with Crippen LogP contribution in [0.1, 0.15) is 38.1 Å². The van der Waals surface area contributed by atoms with Crippen molar-refractivity contribution >= 4 is 50.7 Å². The summed E-state index contributed by atoms with van der Waals surface area (Å²) in [6, 6.07) is 8.96. The van der Waals surface area contributed by atoms with Crippen molar-refractivity contribution < 1.29 is 9.59 Å². The molecule has 3 rings (SSSR count). The van der Waals surface area contributed by atoms with E-state index >= 15 is 0 Å². The van der Waals surface area contributed by atoms with E-state index in [-0.39, 0.29) is 16.9 Å². The number of carbonyl (C=O) groups is 2. The minimum absolute atomic E-state index is 0.0250. The third kappa shape index (κ3) is 4.54. The van der Waals surface area contributed by atoms with Gasteiger partial charge in [0.05, 0.1) is 15.5 Å². The molecule has 0 radical (unpaired) electrons. The zero-order chi connectivity index (χ0) is 19.6. The molecule has 1 aromatic carbocycles. The molecule has 0 fully saturated rings. The Hall–Kier alpha value is -2.25. The first-order valence-electron chi connectivity index (χ1n) is 8.56. The van der Waals surface area contributed by atoms with Gasteiger partial charge in [-0.15, -0.1) is 11.3 Å². The molecular weight excluding hydrogens is 378 g/mol. The zero-order valence-corrected chi connectivity index (χ0v) is 17.3. The quantitative estimate of drug-likeness (QED) is 0.370. The van der Waals surface area contributed by atoms with Crippen LogP contribution in [0.2, 0.25) is 0 Å². The van der Waals surface area contributed by atoms with E-state index in [9.17, 15) is 9.59 Å². The van der Waals surface area contributed by atoms with Gasteiger partial charge in [-0.25, -0.2) is 9.97 Å². The highest BCUT2D eigenvalue weighted by atomic mass is 32.2. The average Bonchev–Trinajstić information content (AvgIpc) is 3.10. The van der Waals surface area contributed by atoms with Gasteiger partial charge in [0.15, 0.2) is 5.78 Å². The molecule has 0 aliphatic heterocycles. The molecule has 0 saturated carbocycles. The van der Waals surface area contributed by atoms with Gasteiger partial charge in [-0.3, -0.25) is 9.59 Å². The lowest BCUT2D eigenvalue weighted by molar-refractivity contribution is -0.123. The van der Waals surface area contributed by atoms with Crippen LogP contribution in [-0.4, -0.2) is 26.9 Å². The molecule has 140 valence electrons. The number of thioether (sulfide) groups is 1. The Balaban J connectivity index is 1.70. The molecule has 1 amide bonds. The third-order valence-electron chi connectivity index (χ3n) is 3.98. The molecule has 2 aromatic heterocycles. The smallest absolute Gasteiger partial charge is 0.229 e. The second kappa shape index (κ2) is 7.78. The van der Waals surface area contributed by atoms with Gasteiger partial charge in [0.2, 0.25) is 5.91 Å². The van der Waals surface area contributed by atoms with Crippen molar-refractivity contribution in [2.45, 2.75) is 38.0 Å². The van der Waals surface area contributed by atoms with E-state index in [4.69, 9.17) is 0 Å². The fourth-order valence-electron chi connectivity index (χ4n) is 2.34. The summed E-state index contributed by atoms with van der Waals surface area (Å²) in [7, 11) is 0. The Morgan fingerprint density at radius 2 is 1.81 bits per heavy atom. The largest absolute Gasteiger partial charge is 0.326 e. The summed E-state index contributed by atoms with van der Waals surface area (Å²) in [5, 5.41) is 5.38. The van der Waals surface area contributed by atoms with Gasteiger partial charge in [0.1, 0.15) is 11.4 Å². The van der Waals surface area contributed by atoms with Gasteiger partial charge >= 0.3 is 0 Å². The van der Waals surface area contributed by atoms with E-state index in [0.29, 0.717) is 11.3 Å². The topological polar surface area (TPSA) is 72.0 Å². The number of aromatic nitrogens is 2. The Morgan fingerprint density at radius 3 is 2.48 bits per heavy atom. The van der Waals surface area contributed by atoms with Crippen LogP contribution < -0.4 is 5.32 Å². The predicted molar refractivity (Wildman–Crippen MR) is 112 cm³/mol. The van der Waals surface area contributed by atoms with Crippen LogP contribution in [0.4, 0.5) is 5.69 Å². The molecule has 27 heavy (non-hydrogen) atoms. The molecule has 1 N–H and O–H groups in total. The fourth-order valence-corrected chi connectivity index (χ4v) is 4.26. The first-order chi connectivity index (χ1) is 12.8. The van der Waals surface area contributed by atoms with Gasteiger partial charge in [-0.2, -0.15) is 0 Å². The van der Waals surface area contributed by atoms with Crippen molar-refractivity contribution in [1.29, 1.82) is 0 Å². The summed E-state index contributed by atoms with van der Waals surface area (Å²) in [5.74, 6) is -0.0359. The number of thiophene rings is 1. The number of hydrogen-bond donors (Lipinski definition) is 1. The van der Waals surface area contributed by atoms with Crippen molar-refractivity contribution in [1.82, 2.24) is 9.97 Å². The van der Waals surface area contributed by atoms with Crippen molar-refractivity contribution in [3.8, 4) is 0 Å². The summed E-state index contributed by atoms with van der Waals surface area (Å²) >= 11 is 3.01. The number of Topliss-reactive ketones (excluding diaryl/α,β-unsaturated/α-hetero) is 1. The molecule has 3 aromatic rings. The number of carbonyl (C=O) groups excluding carboxylic acids is 2. The van der Waals surface area contributed by atoms with E-state index in [2.05, 4.69) is 15.3 Å². The molecule has 2 heterocycles. The lowest BCUT2D eigenvalue weighted by Crippen LogP contribution is -2.27. The highest BCUT2D eigenvalue weighted by Gasteiger charge is 2.22. The molecule has 0 saturated heterocycles. The van der Waals surface area contributed by atoms with Crippen LogP contribution in [0.3, 0.4) is 0 Å². The summed E-state index contributed by atoms with van der Waals surface area (Å²) in [6.45, 7) is 7.45. The highest BCUT2D eigenvalue weighted by molar-refractivity contribution is 8.00. The number of fused-ring (bicyclic) bond motifs is 1. The molecule has 5 nitrogen and oxygen atoms in total. The summed E-state index contributed by atoms with van der Waals surface area (Å²) < 4.78 is 1.00. The number of nitrogens with zero attached hydrogens (tertiary/aromatic N) is 2. The van der Waals surface area contributed by atoms with Gasteiger partial charge in [-0.1, -0.05) is 32.5 Å². The summed E-state index contributed by atoms with van der Waals surface area (Å²) in [6.07, 6.45) is 1.53. The molecule has 1 unspecified atom stereocenters. The molecule has 0 aliphatic carbocycles. The Bertz CT molecular complexity index is 975. The maximum atomic E-state index is 12.8. The minimum Gasteiger partial charge on any atom is -0.326 e. The maximum Gasteiger partial charge on any atom is 0.229 e. The third-order valence-corrected chi connectivity index (χ3v) is 6.12. The van der Waals surface area contributed by atoms with E-state index in [1.165, 1.54) is 18.1 Å². The van der Waals surface area contributed by atoms with Crippen LogP contribution in [0.15, 0.2) is 47.1 Å². The van der Waals surface area contributed by atoms with Crippen LogP contribution in [0.5, 0.6) is 0 Å². The second-order valence-electron chi connectivity index (χ2n) is 7.22. The van der Waals surface area contributed by atoms with E-state index in [1.54, 1.807) is 35.6 Å². The van der Waals surface area contributed by atoms with Crippen molar-refractivity contribution in [3.63, 3.8) is 0 Å². The number of benzene rings is 1. The molecule has 0 aliphatic rings. The van der Waals surface area contributed by atoms with Crippen LogP contribution in [-0.2, 0) is 4.79 Å². The highest BCUT2D eigenvalue weighted by Crippen LogP contribution is 2.32. The van der Waals surface area contributed by atoms with E-state index < -0.39 is 5.41 Å². The normalized spacial score (nSPS) is 12.7. The van der Waals surface area contributed by atoms with Gasteiger partial charge in [0.25, 0.3) is 0 Å². The van der Waals surface area contributed by atoms with Crippen molar-refractivity contribution in [2.24, 2.45) is 5.41 Å². The Labute approximate surface area is 166 Å². The zero-order valence-electron chi connectivity index (χ0n) is 15.6. The van der Waals surface area contributed by atoms with E-state index in [0.717, 1.165) is 15.2 Å². The number of ketones is 1. The van der Waals surface area contributed by atoms with Gasteiger partial charge in [-0.05, 0) is 42.6 Å². The van der Waals surface area contributed by atoms with Crippen LogP contribution in [0, 0.1) is 5.41 Å². The molecule has 0 spiro atoms. The Morgan fingerprint density at radius 1 is 1.11 bits per heavy atom. The maximum absolute atomic E-state index is 12.8. The predicted octanol–water partition coefficient (Wildman–Crippen LogP) is 5.04. The van der Waals surface area contributed by atoms with Gasteiger partial charge < -0.3 is 5.32 Å². The SMILES string of the molecule is CC(Sc1ncnc2ccsc12)C(=O)c1ccc(NC(=O)C(C)(C)C)cc1. The van der Waals surface area contributed by atoms with Crippen LogP contribution in [0.25, 0.3) is 10.2 Å². The second-order valence-corrected chi connectivity index (χ2v) is 9.47. The standard InChI is InChI=1S/C20H21N3O2S2/c1-12(27-18-17-15(9-10-26-17)21-11-22-18)16(24)13-5-7-14(8-6-13)23-19(25)20(2,3)4/h5-12H,1-4H3,(H,23,25). The number of nitrogens with one attached hydrogen (secondary N) is 1. The lowest BCUT2D eigenvalue weighted by atomic mass is 9.95. The van der Waals surface area contributed by atoms with Crippen molar-refractivity contribution in [3.05, 3.63) is 47.6 Å². The van der Waals surface area contributed by atoms with Crippen LogP contribution >= 0.6 is 23.1 Å². The molecule has 7 heteroatoms. The number of hydrogen-bond acceptors (Lipinski definition) is 6.